The van der Waals surface area contributed by atoms with Crippen molar-refractivity contribution < 1.29 is 14.0 Å². The lowest BCUT2D eigenvalue weighted by Gasteiger charge is -2.13. The third-order valence-electron chi connectivity index (χ3n) is 5.25. The first-order chi connectivity index (χ1) is 14.9. The van der Waals surface area contributed by atoms with Gasteiger partial charge in [-0.2, -0.15) is 5.10 Å². The molecule has 3 aromatic rings. The number of nitrogens with zero attached hydrogens (tertiary/aromatic N) is 1. The Morgan fingerprint density at radius 2 is 1.74 bits per heavy atom. The molecule has 2 N–H and O–H groups in total. The molecule has 31 heavy (non-hydrogen) atoms. The molecule has 0 saturated heterocycles. The third-order valence-corrected chi connectivity index (χ3v) is 5.94. The number of nitrogens with one attached hydrogen (secondary N) is 2. The van der Waals surface area contributed by atoms with Crippen molar-refractivity contribution in [1.29, 1.82) is 0 Å². The number of hydrazone groups is 1. The van der Waals surface area contributed by atoms with Crippen molar-refractivity contribution in [1.82, 2.24) is 5.43 Å². The summed E-state index contributed by atoms with van der Waals surface area (Å²) in [6.07, 6.45) is 2.26. The Hall–Kier alpha value is -3.19. The van der Waals surface area contributed by atoms with Crippen LogP contribution in [0.15, 0.2) is 62.5 Å². The van der Waals surface area contributed by atoms with Crippen molar-refractivity contribution in [2.75, 3.05) is 5.32 Å². The topological polar surface area (TPSA) is 83.7 Å². The third kappa shape index (κ3) is 4.46. The van der Waals surface area contributed by atoms with Gasteiger partial charge in [0, 0.05) is 27.7 Å². The largest absolute Gasteiger partial charge is 0.455 e. The van der Waals surface area contributed by atoms with Gasteiger partial charge in [-0.25, -0.2) is 5.43 Å². The zero-order valence-electron chi connectivity index (χ0n) is 17.3. The summed E-state index contributed by atoms with van der Waals surface area (Å²) in [5.41, 5.74) is 7.23. The van der Waals surface area contributed by atoms with Gasteiger partial charge < -0.3 is 9.73 Å². The minimum Gasteiger partial charge on any atom is -0.455 e. The number of benzene rings is 2. The Labute approximate surface area is 188 Å². The summed E-state index contributed by atoms with van der Waals surface area (Å²) in [7, 11) is 0. The lowest BCUT2D eigenvalue weighted by Crippen LogP contribution is -2.22. The van der Waals surface area contributed by atoms with Crippen molar-refractivity contribution >= 4 is 39.1 Å². The lowest BCUT2D eigenvalue weighted by atomic mass is 9.93. The summed E-state index contributed by atoms with van der Waals surface area (Å²) in [5.74, 6) is 0.405. The van der Waals surface area contributed by atoms with E-state index in [1.165, 1.54) is 0 Å². The molecule has 1 aliphatic carbocycles. The van der Waals surface area contributed by atoms with Crippen molar-refractivity contribution in [3.63, 3.8) is 0 Å². The van der Waals surface area contributed by atoms with Gasteiger partial charge in [0.1, 0.15) is 5.76 Å². The van der Waals surface area contributed by atoms with Crippen LogP contribution < -0.4 is 10.7 Å². The molecule has 4 rings (SSSR count). The minimum atomic E-state index is -0.300. The fourth-order valence-corrected chi connectivity index (χ4v) is 4.11. The highest BCUT2D eigenvalue weighted by Gasteiger charge is 2.28. The van der Waals surface area contributed by atoms with E-state index in [2.05, 4.69) is 31.8 Å². The molecule has 1 aromatic heterocycles. The van der Waals surface area contributed by atoms with Crippen LogP contribution in [-0.2, 0) is 6.42 Å². The Morgan fingerprint density at radius 3 is 2.48 bits per heavy atom. The van der Waals surface area contributed by atoms with E-state index in [0.717, 1.165) is 41.0 Å². The van der Waals surface area contributed by atoms with Gasteiger partial charge >= 0.3 is 0 Å². The van der Waals surface area contributed by atoms with Crippen LogP contribution in [-0.4, -0.2) is 17.5 Å². The number of carbonyl (C=O) groups excluding carboxylic acids is 2. The van der Waals surface area contributed by atoms with Gasteiger partial charge in [-0.05, 0) is 66.9 Å². The van der Waals surface area contributed by atoms with Gasteiger partial charge in [-0.3, -0.25) is 9.59 Å². The highest BCUT2D eigenvalue weighted by molar-refractivity contribution is 9.10. The SMILES string of the molecule is Cc1ccc(NC(=O)c2oc3c(c2C)/C(=N/NC(=O)c2ccccc2Br)CCC3)cc1. The van der Waals surface area contributed by atoms with Crippen LogP contribution in [0, 0.1) is 13.8 Å². The summed E-state index contributed by atoms with van der Waals surface area (Å²) >= 11 is 3.38. The molecule has 0 aliphatic heterocycles. The fourth-order valence-electron chi connectivity index (χ4n) is 3.65. The summed E-state index contributed by atoms with van der Waals surface area (Å²) < 4.78 is 6.62. The fraction of sp³-hybridized carbons (Fsp3) is 0.208. The zero-order chi connectivity index (χ0) is 22.0. The predicted octanol–water partition coefficient (Wildman–Crippen LogP) is 5.38. The quantitative estimate of drug-likeness (QED) is 0.492. The summed E-state index contributed by atoms with van der Waals surface area (Å²) in [6, 6.07) is 14.8. The van der Waals surface area contributed by atoms with E-state index in [4.69, 9.17) is 4.42 Å². The Morgan fingerprint density at radius 1 is 1.00 bits per heavy atom. The van der Waals surface area contributed by atoms with Gasteiger partial charge in [0.2, 0.25) is 0 Å². The van der Waals surface area contributed by atoms with E-state index in [1.54, 1.807) is 18.2 Å². The number of halogens is 1. The molecule has 158 valence electrons. The first kappa shape index (κ1) is 21.1. The zero-order valence-corrected chi connectivity index (χ0v) is 18.9. The molecule has 0 spiro atoms. The van der Waals surface area contributed by atoms with Crippen molar-refractivity contribution in [2.45, 2.75) is 33.1 Å². The van der Waals surface area contributed by atoms with E-state index in [1.807, 2.05) is 44.2 Å². The van der Waals surface area contributed by atoms with Crippen LogP contribution in [0.25, 0.3) is 0 Å². The summed E-state index contributed by atoms with van der Waals surface area (Å²) in [4.78, 5) is 25.3. The van der Waals surface area contributed by atoms with Crippen molar-refractivity contribution in [3.05, 3.63) is 86.8 Å². The van der Waals surface area contributed by atoms with E-state index < -0.39 is 0 Å². The average molecular weight is 480 g/mol. The number of aryl methyl sites for hydroxylation is 2. The van der Waals surface area contributed by atoms with Gasteiger partial charge in [0.05, 0.1) is 11.3 Å². The van der Waals surface area contributed by atoms with Gasteiger partial charge in [0.25, 0.3) is 11.8 Å². The normalized spacial score (nSPS) is 14.2. The molecule has 6 nitrogen and oxygen atoms in total. The highest BCUT2D eigenvalue weighted by atomic mass is 79.9. The van der Waals surface area contributed by atoms with E-state index in [9.17, 15) is 9.59 Å². The maximum Gasteiger partial charge on any atom is 0.291 e. The predicted molar refractivity (Wildman–Crippen MR) is 124 cm³/mol. The molecule has 0 bridgehead atoms. The first-order valence-electron chi connectivity index (χ1n) is 10.1. The van der Waals surface area contributed by atoms with Crippen LogP contribution in [0.3, 0.4) is 0 Å². The van der Waals surface area contributed by atoms with Crippen LogP contribution in [0.1, 0.15) is 56.2 Å². The summed E-state index contributed by atoms with van der Waals surface area (Å²) in [6.45, 7) is 3.84. The molecule has 2 aromatic carbocycles. The second-order valence-corrected chi connectivity index (χ2v) is 8.36. The smallest absolute Gasteiger partial charge is 0.291 e. The number of rotatable bonds is 4. The van der Waals surface area contributed by atoms with Crippen LogP contribution in [0.4, 0.5) is 5.69 Å². The first-order valence-corrected chi connectivity index (χ1v) is 10.9. The number of carbonyl (C=O) groups is 2. The molecule has 0 unspecified atom stereocenters. The molecule has 0 atom stereocenters. The van der Waals surface area contributed by atoms with Crippen LogP contribution in [0.2, 0.25) is 0 Å². The number of hydrogen-bond donors (Lipinski definition) is 2. The molecule has 2 amide bonds. The Kier molecular flexibility index (Phi) is 6.04. The Balaban J connectivity index is 1.57. The van der Waals surface area contributed by atoms with Gasteiger partial charge in [0.15, 0.2) is 5.76 Å². The number of fused-ring (bicyclic) bond motifs is 1. The maximum absolute atomic E-state index is 12.8. The molecule has 0 radical (unpaired) electrons. The highest BCUT2D eigenvalue weighted by Crippen LogP contribution is 2.30. The number of hydrogen-bond acceptors (Lipinski definition) is 4. The Bertz CT molecular complexity index is 1180. The van der Waals surface area contributed by atoms with Crippen LogP contribution in [0.5, 0.6) is 0 Å². The molecule has 1 aliphatic rings. The van der Waals surface area contributed by atoms with E-state index in [0.29, 0.717) is 22.1 Å². The molecular formula is C24H22BrN3O3. The molecule has 1 heterocycles. The molecule has 7 heteroatoms. The van der Waals surface area contributed by atoms with Crippen LogP contribution >= 0.6 is 15.9 Å². The number of furan rings is 1. The average Bonchev–Trinajstić information content (AvgIpc) is 3.11. The van der Waals surface area contributed by atoms with Gasteiger partial charge in [-0.15, -0.1) is 0 Å². The molecule has 0 fully saturated rings. The standard InChI is InChI=1S/C24H22BrN3O3/c1-14-10-12-16(13-11-14)26-24(30)22-15(2)21-19(8-5-9-20(21)31-22)27-28-23(29)17-6-3-4-7-18(17)25/h3-4,6-7,10-13H,5,8-9H2,1-2H3,(H,26,30)(H,28,29)/b27-19+. The second kappa shape index (κ2) is 8.89. The number of anilines is 1. The monoisotopic (exact) mass is 479 g/mol. The van der Waals surface area contributed by atoms with Crippen molar-refractivity contribution in [3.8, 4) is 0 Å². The summed E-state index contributed by atoms with van der Waals surface area (Å²) in [5, 5.41) is 7.25. The lowest BCUT2D eigenvalue weighted by molar-refractivity contribution is 0.0952. The number of amides is 2. The minimum absolute atomic E-state index is 0.275. The maximum atomic E-state index is 12.8. The second-order valence-electron chi connectivity index (χ2n) is 7.51. The van der Waals surface area contributed by atoms with E-state index in [-0.39, 0.29) is 17.6 Å². The van der Waals surface area contributed by atoms with Gasteiger partial charge in [-0.1, -0.05) is 29.8 Å². The molecular weight excluding hydrogens is 458 g/mol. The van der Waals surface area contributed by atoms with E-state index >= 15 is 0 Å². The molecule has 0 saturated carbocycles. The van der Waals surface area contributed by atoms with Crippen molar-refractivity contribution in [2.24, 2.45) is 5.10 Å².